The topological polar surface area (TPSA) is 103 Å². The van der Waals surface area contributed by atoms with E-state index < -0.39 is 30.4 Å². The zero-order valence-electron chi connectivity index (χ0n) is 11.8. The van der Waals surface area contributed by atoms with Gasteiger partial charge in [-0.15, -0.1) is 0 Å². The third-order valence-electron chi connectivity index (χ3n) is 3.46. The van der Waals surface area contributed by atoms with Crippen LogP contribution in [0.15, 0.2) is 18.3 Å². The number of carbonyl (C=O) groups is 3. The van der Waals surface area contributed by atoms with Gasteiger partial charge in [-0.05, 0) is 31.4 Å². The maximum Gasteiger partial charge on any atom is 0.341 e. The van der Waals surface area contributed by atoms with Crippen LogP contribution in [0.5, 0.6) is 0 Å². The normalized spacial score (nSPS) is 17.9. The monoisotopic (exact) mass is 325 g/mol. The van der Waals surface area contributed by atoms with E-state index in [2.05, 4.69) is 4.98 Å². The molecule has 1 fully saturated rings. The minimum absolute atomic E-state index is 0.00735. The van der Waals surface area contributed by atoms with Crippen molar-refractivity contribution in [3.05, 3.63) is 29.0 Å². The minimum Gasteiger partial charge on any atom is -0.452 e. The van der Waals surface area contributed by atoms with Crippen molar-refractivity contribution in [3.63, 3.8) is 0 Å². The molecular formula is C14H16ClN3O4. The van der Waals surface area contributed by atoms with Crippen LogP contribution in [0.1, 0.15) is 29.6 Å². The van der Waals surface area contributed by atoms with E-state index in [1.54, 1.807) is 0 Å². The van der Waals surface area contributed by atoms with Gasteiger partial charge in [0.1, 0.15) is 11.2 Å². The van der Waals surface area contributed by atoms with Crippen LogP contribution in [0, 0.1) is 0 Å². The molecule has 2 rings (SSSR count). The van der Waals surface area contributed by atoms with Gasteiger partial charge in [0.2, 0.25) is 5.91 Å². The Labute approximate surface area is 132 Å². The van der Waals surface area contributed by atoms with Gasteiger partial charge in [0.05, 0.1) is 5.56 Å². The lowest BCUT2D eigenvalue weighted by atomic mass is 10.0. The molecule has 0 spiro atoms. The Morgan fingerprint density at radius 3 is 2.86 bits per heavy atom. The van der Waals surface area contributed by atoms with Gasteiger partial charge in [-0.25, -0.2) is 9.78 Å². The summed E-state index contributed by atoms with van der Waals surface area (Å²) >= 11 is 5.78. The van der Waals surface area contributed by atoms with Crippen LogP contribution in [0.25, 0.3) is 0 Å². The third kappa shape index (κ3) is 3.73. The smallest absolute Gasteiger partial charge is 0.341 e. The Balaban J connectivity index is 1.96. The lowest BCUT2D eigenvalue weighted by Crippen LogP contribution is -2.51. The Morgan fingerprint density at radius 2 is 2.18 bits per heavy atom. The van der Waals surface area contributed by atoms with Crippen LogP contribution < -0.4 is 5.73 Å². The summed E-state index contributed by atoms with van der Waals surface area (Å²) in [6, 6.07) is 2.36. The number of piperidine rings is 1. The van der Waals surface area contributed by atoms with Crippen molar-refractivity contribution in [2.24, 2.45) is 5.73 Å². The van der Waals surface area contributed by atoms with E-state index in [4.69, 9.17) is 22.1 Å². The second-order valence-corrected chi connectivity index (χ2v) is 5.28. The summed E-state index contributed by atoms with van der Waals surface area (Å²) in [4.78, 5) is 40.5. The van der Waals surface area contributed by atoms with Crippen molar-refractivity contribution in [1.82, 2.24) is 9.88 Å². The fraction of sp³-hybridized carbons (Fsp3) is 0.429. The highest BCUT2D eigenvalue weighted by Gasteiger charge is 2.31. The van der Waals surface area contributed by atoms with E-state index in [1.807, 2.05) is 0 Å². The molecule has 1 aliphatic heterocycles. The first kappa shape index (κ1) is 16.2. The predicted molar refractivity (Wildman–Crippen MR) is 78.1 cm³/mol. The van der Waals surface area contributed by atoms with Gasteiger partial charge in [0.25, 0.3) is 5.91 Å². The third-order valence-corrected chi connectivity index (χ3v) is 3.76. The maximum absolute atomic E-state index is 12.1. The molecule has 0 unspecified atom stereocenters. The number of rotatable bonds is 4. The highest BCUT2D eigenvalue weighted by atomic mass is 35.5. The summed E-state index contributed by atoms with van der Waals surface area (Å²) in [5.41, 5.74) is 5.38. The highest BCUT2D eigenvalue weighted by Crippen LogP contribution is 2.17. The average Bonchev–Trinajstić information content (AvgIpc) is 2.52. The number of hydrogen-bond donors (Lipinski definition) is 1. The number of aromatic nitrogens is 1. The number of primary amides is 1. The number of ether oxygens (including phenoxy) is 1. The molecule has 1 saturated heterocycles. The van der Waals surface area contributed by atoms with Crippen molar-refractivity contribution >= 4 is 29.4 Å². The number of hydrogen-bond acceptors (Lipinski definition) is 5. The van der Waals surface area contributed by atoms with Gasteiger partial charge in [0, 0.05) is 12.7 Å². The zero-order chi connectivity index (χ0) is 16.1. The minimum atomic E-state index is -0.737. The number of nitrogens with zero attached hydrogens (tertiary/aromatic N) is 2. The SMILES string of the molecule is NC(=O)[C@@H]1CCCCN1C(=O)COC(=O)c1cccnc1Cl. The van der Waals surface area contributed by atoms with Gasteiger partial charge in [-0.2, -0.15) is 0 Å². The number of halogens is 1. The maximum atomic E-state index is 12.1. The molecule has 22 heavy (non-hydrogen) atoms. The van der Waals surface area contributed by atoms with Crippen molar-refractivity contribution < 1.29 is 19.1 Å². The van der Waals surface area contributed by atoms with E-state index in [9.17, 15) is 14.4 Å². The first-order valence-electron chi connectivity index (χ1n) is 6.87. The molecule has 7 nitrogen and oxygen atoms in total. The summed E-state index contributed by atoms with van der Waals surface area (Å²) in [6.07, 6.45) is 3.60. The van der Waals surface area contributed by atoms with E-state index in [0.29, 0.717) is 13.0 Å². The standard InChI is InChI=1S/C14H16ClN3O4/c15-12-9(4-3-6-17-12)14(21)22-8-11(19)18-7-2-1-5-10(18)13(16)20/h3-4,6,10H,1-2,5,7-8H2,(H2,16,20)/t10-/m0/s1. The molecule has 8 heteroatoms. The van der Waals surface area contributed by atoms with Crippen molar-refractivity contribution in [3.8, 4) is 0 Å². The van der Waals surface area contributed by atoms with E-state index >= 15 is 0 Å². The first-order chi connectivity index (χ1) is 10.5. The molecule has 1 aromatic rings. The summed E-state index contributed by atoms with van der Waals surface area (Å²) in [7, 11) is 0. The lowest BCUT2D eigenvalue weighted by molar-refractivity contribution is -0.143. The Morgan fingerprint density at radius 1 is 1.41 bits per heavy atom. The van der Waals surface area contributed by atoms with E-state index in [-0.39, 0.29) is 10.7 Å². The van der Waals surface area contributed by atoms with E-state index in [0.717, 1.165) is 12.8 Å². The molecular weight excluding hydrogens is 310 g/mol. The average molecular weight is 326 g/mol. The molecule has 0 bridgehead atoms. The summed E-state index contributed by atoms with van der Waals surface area (Å²) in [6.45, 7) is -0.0362. The molecule has 118 valence electrons. The summed E-state index contributed by atoms with van der Waals surface area (Å²) in [5.74, 6) is -1.73. The Bertz CT molecular complexity index is 593. The second kappa shape index (κ2) is 7.22. The number of likely N-dealkylation sites (tertiary alicyclic amines) is 1. The predicted octanol–water partition coefficient (Wildman–Crippen LogP) is 0.758. The zero-order valence-corrected chi connectivity index (χ0v) is 12.6. The molecule has 1 aliphatic rings. The Hall–Kier alpha value is -2.15. The molecule has 0 saturated carbocycles. The Kier molecular flexibility index (Phi) is 5.32. The van der Waals surface area contributed by atoms with Crippen molar-refractivity contribution in [2.75, 3.05) is 13.2 Å². The molecule has 0 radical (unpaired) electrons. The summed E-state index contributed by atoms with van der Waals surface area (Å²) < 4.78 is 4.95. The van der Waals surface area contributed by atoms with Gasteiger partial charge >= 0.3 is 5.97 Å². The number of nitrogens with two attached hydrogens (primary N) is 1. The number of pyridine rings is 1. The van der Waals surface area contributed by atoms with Crippen LogP contribution in [0.2, 0.25) is 5.15 Å². The fourth-order valence-electron chi connectivity index (χ4n) is 2.35. The van der Waals surface area contributed by atoms with Crippen LogP contribution in [-0.2, 0) is 14.3 Å². The molecule has 1 atom stereocenters. The number of carbonyl (C=O) groups excluding carboxylic acids is 3. The van der Waals surface area contributed by atoms with Gasteiger partial charge in [-0.1, -0.05) is 11.6 Å². The quantitative estimate of drug-likeness (QED) is 0.650. The molecule has 2 amide bonds. The highest BCUT2D eigenvalue weighted by molar-refractivity contribution is 6.32. The van der Waals surface area contributed by atoms with Gasteiger partial charge in [0.15, 0.2) is 6.61 Å². The van der Waals surface area contributed by atoms with Crippen molar-refractivity contribution in [2.45, 2.75) is 25.3 Å². The van der Waals surface area contributed by atoms with Crippen LogP contribution >= 0.6 is 11.6 Å². The first-order valence-corrected chi connectivity index (χ1v) is 7.25. The van der Waals surface area contributed by atoms with Crippen LogP contribution in [-0.4, -0.2) is 46.9 Å². The van der Waals surface area contributed by atoms with Gasteiger partial charge in [-0.3, -0.25) is 9.59 Å². The lowest BCUT2D eigenvalue weighted by Gasteiger charge is -2.33. The second-order valence-electron chi connectivity index (χ2n) is 4.92. The fourth-order valence-corrected chi connectivity index (χ4v) is 2.55. The number of esters is 1. The molecule has 1 aromatic heterocycles. The van der Waals surface area contributed by atoms with Crippen LogP contribution in [0.3, 0.4) is 0 Å². The number of amides is 2. The van der Waals surface area contributed by atoms with E-state index in [1.165, 1.54) is 23.2 Å². The molecule has 2 heterocycles. The molecule has 0 aromatic carbocycles. The molecule has 2 N–H and O–H groups in total. The van der Waals surface area contributed by atoms with Crippen LogP contribution in [0.4, 0.5) is 0 Å². The largest absolute Gasteiger partial charge is 0.452 e. The summed E-state index contributed by atoms with van der Waals surface area (Å²) in [5, 5.41) is 0.00735. The van der Waals surface area contributed by atoms with Gasteiger partial charge < -0.3 is 15.4 Å². The van der Waals surface area contributed by atoms with Crippen molar-refractivity contribution in [1.29, 1.82) is 0 Å². The molecule has 0 aliphatic carbocycles.